The number of aliphatic hydroxyl groups is 1. The van der Waals surface area contributed by atoms with Crippen molar-refractivity contribution in [1.29, 1.82) is 5.26 Å². The van der Waals surface area contributed by atoms with Crippen LogP contribution in [0.3, 0.4) is 0 Å². The van der Waals surface area contributed by atoms with Gasteiger partial charge in [0.25, 0.3) is 0 Å². The first-order valence-corrected chi connectivity index (χ1v) is 4.81. The molecule has 0 spiro atoms. The molecule has 13 heavy (non-hydrogen) atoms. The summed E-state index contributed by atoms with van der Waals surface area (Å²) in [7, 11) is 0. The number of hydrogen-bond acceptors (Lipinski definition) is 3. The molecule has 74 valence electrons. The highest BCUT2D eigenvalue weighted by molar-refractivity contribution is 5.02. The summed E-state index contributed by atoms with van der Waals surface area (Å²) in [4.78, 5) is 0. The number of nitrogens with zero attached hydrogens (tertiary/aromatic N) is 1. The van der Waals surface area contributed by atoms with Crippen molar-refractivity contribution in [2.45, 2.75) is 32.8 Å². The first-order valence-electron chi connectivity index (χ1n) is 4.81. The van der Waals surface area contributed by atoms with E-state index in [-0.39, 0.29) is 5.92 Å². The van der Waals surface area contributed by atoms with Crippen LogP contribution in [-0.4, -0.2) is 24.4 Å². The van der Waals surface area contributed by atoms with E-state index in [1.54, 1.807) is 0 Å². The van der Waals surface area contributed by atoms with Gasteiger partial charge >= 0.3 is 0 Å². The van der Waals surface area contributed by atoms with Crippen LogP contribution in [0.2, 0.25) is 0 Å². The lowest BCUT2D eigenvalue weighted by atomic mass is 9.77. The summed E-state index contributed by atoms with van der Waals surface area (Å²) < 4.78 is 5.19. The van der Waals surface area contributed by atoms with Gasteiger partial charge in [-0.2, -0.15) is 5.26 Å². The van der Waals surface area contributed by atoms with E-state index >= 15 is 0 Å². The van der Waals surface area contributed by atoms with Crippen molar-refractivity contribution in [1.82, 2.24) is 0 Å². The molecule has 3 nitrogen and oxygen atoms in total. The molecule has 0 radical (unpaired) electrons. The summed E-state index contributed by atoms with van der Waals surface area (Å²) in [5.41, 5.74) is -0.613. The number of rotatable bonds is 3. The highest BCUT2D eigenvalue weighted by Crippen LogP contribution is 2.32. The van der Waals surface area contributed by atoms with Crippen molar-refractivity contribution < 1.29 is 9.84 Å². The topological polar surface area (TPSA) is 53.2 Å². The number of hydrogen-bond donors (Lipinski definition) is 1. The molecule has 1 rings (SSSR count). The van der Waals surface area contributed by atoms with E-state index < -0.39 is 11.5 Å². The summed E-state index contributed by atoms with van der Waals surface area (Å²) >= 11 is 0. The lowest BCUT2D eigenvalue weighted by Crippen LogP contribution is -2.37. The fourth-order valence-corrected chi connectivity index (χ4v) is 1.68. The van der Waals surface area contributed by atoms with E-state index in [9.17, 15) is 5.11 Å². The molecule has 1 saturated heterocycles. The Morgan fingerprint density at radius 1 is 1.77 bits per heavy atom. The summed E-state index contributed by atoms with van der Waals surface area (Å²) in [5, 5.41) is 18.9. The molecule has 3 atom stereocenters. The van der Waals surface area contributed by atoms with Gasteiger partial charge in [0, 0.05) is 12.5 Å². The van der Waals surface area contributed by atoms with Crippen LogP contribution in [0.25, 0.3) is 0 Å². The van der Waals surface area contributed by atoms with E-state index in [4.69, 9.17) is 10.00 Å². The highest BCUT2D eigenvalue weighted by Gasteiger charge is 2.38. The van der Waals surface area contributed by atoms with E-state index in [0.717, 1.165) is 6.42 Å². The van der Waals surface area contributed by atoms with Crippen LogP contribution in [0.1, 0.15) is 26.7 Å². The maximum atomic E-state index is 9.97. The molecule has 0 aromatic rings. The molecule has 1 aliphatic heterocycles. The van der Waals surface area contributed by atoms with Gasteiger partial charge in [-0.05, 0) is 19.8 Å². The first kappa shape index (κ1) is 10.5. The van der Waals surface area contributed by atoms with Crippen LogP contribution in [0.4, 0.5) is 0 Å². The Labute approximate surface area is 79.3 Å². The molecule has 0 saturated carbocycles. The molecule has 0 amide bonds. The van der Waals surface area contributed by atoms with Crippen LogP contribution >= 0.6 is 0 Å². The fourth-order valence-electron chi connectivity index (χ4n) is 1.68. The molecule has 0 bridgehead atoms. The number of ether oxygens (including phenoxy) is 1. The zero-order chi connectivity index (χ0) is 9.90. The van der Waals surface area contributed by atoms with Crippen LogP contribution < -0.4 is 0 Å². The highest BCUT2D eigenvalue weighted by atomic mass is 16.5. The second-order valence-electron chi connectivity index (χ2n) is 3.95. The summed E-state index contributed by atoms with van der Waals surface area (Å²) in [6, 6.07) is 2.20. The Kier molecular flexibility index (Phi) is 3.29. The standard InChI is InChI=1S/C10H17NO2/c1-3-10(2,7-11)9(12)8-4-5-13-6-8/h8-9,12H,3-6H2,1-2H3. The lowest BCUT2D eigenvalue weighted by Gasteiger charge is -2.29. The number of aliphatic hydroxyl groups excluding tert-OH is 1. The van der Waals surface area contributed by atoms with Crippen molar-refractivity contribution >= 4 is 0 Å². The molecule has 3 unspecified atom stereocenters. The van der Waals surface area contributed by atoms with Gasteiger partial charge in [0.1, 0.15) is 0 Å². The van der Waals surface area contributed by atoms with Crippen LogP contribution in [0.15, 0.2) is 0 Å². The van der Waals surface area contributed by atoms with Crippen LogP contribution in [0.5, 0.6) is 0 Å². The molecule has 3 heteroatoms. The predicted molar refractivity (Wildman–Crippen MR) is 48.9 cm³/mol. The van der Waals surface area contributed by atoms with Gasteiger partial charge in [0.05, 0.1) is 24.2 Å². The van der Waals surface area contributed by atoms with Crippen molar-refractivity contribution in [2.75, 3.05) is 13.2 Å². The second-order valence-corrected chi connectivity index (χ2v) is 3.95. The zero-order valence-corrected chi connectivity index (χ0v) is 8.29. The van der Waals surface area contributed by atoms with Crippen molar-refractivity contribution in [3.63, 3.8) is 0 Å². The average molecular weight is 183 g/mol. The largest absolute Gasteiger partial charge is 0.391 e. The van der Waals surface area contributed by atoms with Crippen molar-refractivity contribution in [2.24, 2.45) is 11.3 Å². The predicted octanol–water partition coefficient (Wildman–Crippen LogP) is 1.32. The molecule has 1 N–H and O–H groups in total. The quantitative estimate of drug-likeness (QED) is 0.718. The summed E-state index contributed by atoms with van der Waals surface area (Å²) in [6.07, 6.45) is 1.00. The third kappa shape index (κ3) is 2.01. The van der Waals surface area contributed by atoms with E-state index in [1.165, 1.54) is 0 Å². The van der Waals surface area contributed by atoms with E-state index in [2.05, 4.69) is 6.07 Å². The smallest absolute Gasteiger partial charge is 0.0805 e. The Morgan fingerprint density at radius 2 is 2.46 bits per heavy atom. The second kappa shape index (κ2) is 4.08. The molecule has 0 aliphatic carbocycles. The molecule has 1 heterocycles. The zero-order valence-electron chi connectivity index (χ0n) is 8.29. The molecule has 1 fully saturated rings. The van der Waals surface area contributed by atoms with Crippen LogP contribution in [0, 0.1) is 22.7 Å². The first-order chi connectivity index (χ1) is 6.14. The lowest BCUT2D eigenvalue weighted by molar-refractivity contribution is 0.0155. The Bertz CT molecular complexity index is 205. The Morgan fingerprint density at radius 3 is 2.85 bits per heavy atom. The van der Waals surface area contributed by atoms with Gasteiger partial charge in [-0.15, -0.1) is 0 Å². The Balaban J connectivity index is 2.64. The molecular weight excluding hydrogens is 166 g/mol. The molecule has 0 aromatic heterocycles. The van der Waals surface area contributed by atoms with Gasteiger partial charge in [0.15, 0.2) is 0 Å². The minimum atomic E-state index is -0.613. The van der Waals surface area contributed by atoms with Gasteiger partial charge < -0.3 is 9.84 Å². The average Bonchev–Trinajstić information content (AvgIpc) is 2.68. The van der Waals surface area contributed by atoms with Crippen molar-refractivity contribution in [3.8, 4) is 6.07 Å². The third-order valence-corrected chi connectivity index (χ3v) is 3.05. The van der Waals surface area contributed by atoms with Gasteiger partial charge in [-0.1, -0.05) is 6.92 Å². The third-order valence-electron chi connectivity index (χ3n) is 3.05. The van der Waals surface area contributed by atoms with E-state index in [1.807, 2.05) is 13.8 Å². The fraction of sp³-hybridized carbons (Fsp3) is 0.900. The monoisotopic (exact) mass is 183 g/mol. The van der Waals surface area contributed by atoms with Crippen LogP contribution in [-0.2, 0) is 4.74 Å². The number of nitriles is 1. The maximum Gasteiger partial charge on any atom is 0.0805 e. The SMILES string of the molecule is CCC(C)(C#N)C(O)C1CCOC1. The van der Waals surface area contributed by atoms with E-state index in [0.29, 0.717) is 19.6 Å². The van der Waals surface area contributed by atoms with Gasteiger partial charge in [0.2, 0.25) is 0 Å². The normalized spacial score (nSPS) is 29.2. The molecule has 0 aromatic carbocycles. The minimum Gasteiger partial charge on any atom is -0.391 e. The van der Waals surface area contributed by atoms with Gasteiger partial charge in [-0.25, -0.2) is 0 Å². The summed E-state index contributed by atoms with van der Waals surface area (Å²) in [5.74, 6) is 0.143. The van der Waals surface area contributed by atoms with Crippen molar-refractivity contribution in [3.05, 3.63) is 0 Å². The molecule has 1 aliphatic rings. The summed E-state index contributed by atoms with van der Waals surface area (Å²) in [6.45, 7) is 5.06. The molecular formula is C10H17NO2. The maximum absolute atomic E-state index is 9.97. The van der Waals surface area contributed by atoms with Gasteiger partial charge in [-0.3, -0.25) is 0 Å². The minimum absolute atomic E-state index is 0.143. The Hall–Kier alpha value is -0.590.